The number of halogens is 3. The molecule has 2 aromatic carbocycles. The highest BCUT2D eigenvalue weighted by molar-refractivity contribution is 7.92. The van der Waals surface area contributed by atoms with Gasteiger partial charge in [-0.1, -0.05) is 31.0 Å². The van der Waals surface area contributed by atoms with Crippen molar-refractivity contribution in [1.82, 2.24) is 4.90 Å². The van der Waals surface area contributed by atoms with Crippen LogP contribution in [0.15, 0.2) is 42.5 Å². The molecule has 2 aromatic rings. The van der Waals surface area contributed by atoms with Crippen LogP contribution in [0.4, 0.5) is 13.2 Å². The second-order valence-electron chi connectivity index (χ2n) is 11.9. The number of aryl methyl sites for hydroxylation is 1. The maximum absolute atomic E-state index is 13.6. The van der Waals surface area contributed by atoms with E-state index in [0.717, 1.165) is 63.5 Å². The lowest BCUT2D eigenvalue weighted by atomic mass is 9.89. The molecular formula is C33H44F3NO3S. The zero-order valence-corrected chi connectivity index (χ0v) is 25.0. The summed E-state index contributed by atoms with van der Waals surface area (Å²) in [6, 6.07) is 12.4. The first-order valence-electron chi connectivity index (χ1n) is 15.1. The van der Waals surface area contributed by atoms with Gasteiger partial charge in [0.05, 0.1) is 11.0 Å². The van der Waals surface area contributed by atoms with Crippen molar-refractivity contribution in [3.63, 3.8) is 0 Å². The Labute approximate surface area is 243 Å². The Morgan fingerprint density at radius 2 is 1.61 bits per heavy atom. The summed E-state index contributed by atoms with van der Waals surface area (Å²) < 4.78 is 65.6. The largest absolute Gasteiger partial charge is 0.508 e. The van der Waals surface area contributed by atoms with E-state index in [4.69, 9.17) is 0 Å². The van der Waals surface area contributed by atoms with Gasteiger partial charge in [-0.2, -0.15) is 0 Å². The normalized spacial score (nSPS) is 18.0. The van der Waals surface area contributed by atoms with Crippen molar-refractivity contribution in [2.75, 3.05) is 25.9 Å². The summed E-state index contributed by atoms with van der Waals surface area (Å²) in [5.74, 6) is -2.59. The van der Waals surface area contributed by atoms with Gasteiger partial charge in [-0.05, 0) is 130 Å². The van der Waals surface area contributed by atoms with E-state index in [0.29, 0.717) is 13.0 Å². The van der Waals surface area contributed by atoms with Gasteiger partial charge in [0.15, 0.2) is 9.84 Å². The Balaban J connectivity index is 1.23. The van der Waals surface area contributed by atoms with E-state index in [1.165, 1.54) is 34.4 Å². The molecular weight excluding hydrogens is 547 g/mol. The number of aromatic hydroxyl groups is 1. The topological polar surface area (TPSA) is 57.6 Å². The van der Waals surface area contributed by atoms with Crippen LogP contribution in [0, 0.1) is 5.82 Å². The minimum absolute atomic E-state index is 0.0678. The summed E-state index contributed by atoms with van der Waals surface area (Å²) in [5.41, 5.74) is 5.99. The molecule has 2 aliphatic rings. The van der Waals surface area contributed by atoms with Gasteiger partial charge in [0.2, 0.25) is 5.92 Å². The molecule has 4 rings (SSSR count). The Morgan fingerprint density at radius 1 is 0.927 bits per heavy atom. The van der Waals surface area contributed by atoms with Gasteiger partial charge in [0.25, 0.3) is 0 Å². The SMILES string of the molecule is CN(CCCCCCC1=C(c2ccc(F)cc2)CCCc2cc(O)ccc21)CCCS(=O)(=O)C1CCC(F)(F)CC1. The summed E-state index contributed by atoms with van der Waals surface area (Å²) in [7, 11) is -1.32. The zero-order chi connectivity index (χ0) is 29.5. The predicted molar refractivity (Wildman–Crippen MR) is 160 cm³/mol. The number of phenolic OH excluding ortho intramolecular Hbond substituents is 1. The van der Waals surface area contributed by atoms with E-state index in [9.17, 15) is 26.7 Å². The third kappa shape index (κ3) is 9.08. The smallest absolute Gasteiger partial charge is 0.248 e. The van der Waals surface area contributed by atoms with Crippen LogP contribution < -0.4 is 0 Å². The number of benzene rings is 2. The number of fused-ring (bicyclic) bond motifs is 1. The molecule has 0 unspecified atom stereocenters. The predicted octanol–water partition coefficient (Wildman–Crippen LogP) is 8.04. The van der Waals surface area contributed by atoms with Gasteiger partial charge in [-0.3, -0.25) is 0 Å². The highest BCUT2D eigenvalue weighted by Crippen LogP contribution is 2.40. The maximum Gasteiger partial charge on any atom is 0.248 e. The number of phenols is 1. The van der Waals surface area contributed by atoms with E-state index in [-0.39, 0.29) is 43.0 Å². The number of sulfone groups is 1. The summed E-state index contributed by atoms with van der Waals surface area (Å²) in [4.78, 5) is 2.16. The van der Waals surface area contributed by atoms with Gasteiger partial charge in [-0.25, -0.2) is 21.6 Å². The van der Waals surface area contributed by atoms with Crippen LogP contribution >= 0.6 is 0 Å². The second-order valence-corrected chi connectivity index (χ2v) is 14.3. The average molecular weight is 592 g/mol. The van der Waals surface area contributed by atoms with Crippen LogP contribution in [0.3, 0.4) is 0 Å². The van der Waals surface area contributed by atoms with Crippen LogP contribution in [0.2, 0.25) is 0 Å². The molecule has 0 heterocycles. The molecule has 4 nitrogen and oxygen atoms in total. The lowest BCUT2D eigenvalue weighted by Gasteiger charge is -2.28. The van der Waals surface area contributed by atoms with Crippen molar-refractivity contribution in [3.8, 4) is 5.75 Å². The Kier molecular flexibility index (Phi) is 11.0. The molecule has 0 aliphatic heterocycles. The first-order chi connectivity index (χ1) is 19.5. The Hall–Kier alpha value is -2.32. The number of unbranched alkanes of at least 4 members (excludes halogenated alkanes) is 3. The van der Waals surface area contributed by atoms with E-state index in [1.54, 1.807) is 6.07 Å². The highest BCUT2D eigenvalue weighted by Gasteiger charge is 2.39. The van der Waals surface area contributed by atoms with E-state index in [2.05, 4.69) is 4.90 Å². The van der Waals surface area contributed by atoms with Crippen molar-refractivity contribution in [1.29, 1.82) is 0 Å². The fourth-order valence-corrected chi connectivity index (χ4v) is 8.15. The number of hydrogen-bond acceptors (Lipinski definition) is 4. The molecule has 1 saturated carbocycles. The maximum atomic E-state index is 13.6. The van der Waals surface area contributed by atoms with Crippen molar-refractivity contribution >= 4 is 21.0 Å². The standard InChI is InChI=1S/C33H44F3NO3S/c1-37(22-7-23-41(39,40)29-17-19-33(35,36)20-18-29)21-5-3-2-4-9-32-30(25-11-13-27(34)14-12-25)10-6-8-26-24-28(38)15-16-31(26)32/h11-16,24,29,38H,2-10,17-23H2,1H3. The molecule has 0 amide bonds. The van der Waals surface area contributed by atoms with Crippen LogP contribution in [0.5, 0.6) is 5.75 Å². The summed E-state index contributed by atoms with van der Waals surface area (Å²) in [6.45, 7) is 1.57. The first kappa shape index (κ1) is 31.6. The summed E-state index contributed by atoms with van der Waals surface area (Å²) >= 11 is 0. The van der Waals surface area contributed by atoms with Crippen LogP contribution in [0.25, 0.3) is 11.1 Å². The fourth-order valence-electron chi connectivity index (χ4n) is 6.33. The molecule has 41 heavy (non-hydrogen) atoms. The molecule has 0 spiro atoms. The number of nitrogens with zero attached hydrogens (tertiary/aromatic N) is 1. The van der Waals surface area contributed by atoms with Gasteiger partial charge < -0.3 is 10.0 Å². The first-order valence-corrected chi connectivity index (χ1v) is 16.8. The van der Waals surface area contributed by atoms with Crippen molar-refractivity contribution in [2.45, 2.75) is 94.6 Å². The molecule has 8 heteroatoms. The third-order valence-electron chi connectivity index (χ3n) is 8.70. The molecule has 1 N–H and O–H groups in total. The molecule has 0 radical (unpaired) electrons. The van der Waals surface area contributed by atoms with Crippen LogP contribution in [-0.4, -0.2) is 55.5 Å². The molecule has 226 valence electrons. The van der Waals surface area contributed by atoms with Gasteiger partial charge >= 0.3 is 0 Å². The number of rotatable bonds is 13. The quantitative estimate of drug-likeness (QED) is 0.240. The number of hydrogen-bond donors (Lipinski definition) is 1. The molecule has 2 aliphatic carbocycles. The monoisotopic (exact) mass is 591 g/mol. The fraction of sp³-hybridized carbons (Fsp3) is 0.576. The van der Waals surface area contributed by atoms with Crippen molar-refractivity contribution < 1.29 is 26.7 Å². The Morgan fingerprint density at radius 3 is 2.34 bits per heavy atom. The highest BCUT2D eigenvalue weighted by atomic mass is 32.2. The lowest BCUT2D eigenvalue weighted by Crippen LogP contribution is -2.34. The van der Waals surface area contributed by atoms with Gasteiger partial charge in [0, 0.05) is 12.8 Å². The van der Waals surface area contributed by atoms with E-state index in [1.807, 2.05) is 31.3 Å². The number of alkyl halides is 2. The van der Waals surface area contributed by atoms with Crippen molar-refractivity contribution in [2.24, 2.45) is 0 Å². The summed E-state index contributed by atoms with van der Waals surface area (Å²) in [6.07, 6.45) is 7.95. The molecule has 1 fully saturated rings. The second kappa shape index (κ2) is 14.2. The molecule has 0 saturated heterocycles. The number of allylic oxidation sites excluding steroid dienone is 2. The van der Waals surface area contributed by atoms with Crippen LogP contribution in [-0.2, 0) is 16.3 Å². The zero-order valence-electron chi connectivity index (χ0n) is 24.2. The average Bonchev–Trinajstić information content (AvgIpc) is 3.09. The molecule has 0 bridgehead atoms. The van der Waals surface area contributed by atoms with Crippen LogP contribution in [0.1, 0.15) is 93.7 Å². The minimum Gasteiger partial charge on any atom is -0.508 e. The van der Waals surface area contributed by atoms with E-state index < -0.39 is 21.0 Å². The minimum atomic E-state index is -3.32. The van der Waals surface area contributed by atoms with Crippen molar-refractivity contribution in [3.05, 3.63) is 65.0 Å². The van der Waals surface area contributed by atoms with E-state index >= 15 is 0 Å². The van der Waals surface area contributed by atoms with Gasteiger partial charge in [-0.15, -0.1) is 0 Å². The Bertz CT molecular complexity index is 1280. The molecule has 0 atom stereocenters. The molecule has 0 aromatic heterocycles. The lowest BCUT2D eigenvalue weighted by molar-refractivity contribution is -0.0328. The van der Waals surface area contributed by atoms with Gasteiger partial charge in [0.1, 0.15) is 11.6 Å². The third-order valence-corrected chi connectivity index (χ3v) is 11.0. The summed E-state index contributed by atoms with van der Waals surface area (Å²) in [5, 5.41) is 9.44.